The van der Waals surface area contributed by atoms with Crippen LogP contribution < -0.4 is 9.62 Å². The van der Waals surface area contributed by atoms with Gasteiger partial charge in [0, 0.05) is 18.1 Å². The Bertz CT molecular complexity index is 1350. The molecular formula is C28H32ClN3O4S. The third kappa shape index (κ3) is 6.90. The fourth-order valence-corrected chi connectivity index (χ4v) is 5.53. The molecule has 37 heavy (non-hydrogen) atoms. The average Bonchev–Trinajstić information content (AvgIpc) is 2.88. The maximum Gasteiger partial charge on any atom is 0.264 e. The van der Waals surface area contributed by atoms with Crippen LogP contribution in [0.15, 0.2) is 77.7 Å². The second-order valence-electron chi connectivity index (χ2n) is 8.83. The van der Waals surface area contributed by atoms with E-state index in [9.17, 15) is 18.0 Å². The van der Waals surface area contributed by atoms with E-state index in [1.165, 1.54) is 17.0 Å². The molecule has 7 nitrogen and oxygen atoms in total. The van der Waals surface area contributed by atoms with Crippen LogP contribution in [0.3, 0.4) is 0 Å². The average molecular weight is 542 g/mol. The first kappa shape index (κ1) is 28.2. The molecule has 3 rings (SSSR count). The highest BCUT2D eigenvalue weighted by atomic mass is 35.5. The van der Waals surface area contributed by atoms with E-state index in [0.717, 1.165) is 15.4 Å². The van der Waals surface area contributed by atoms with Crippen LogP contribution in [0.1, 0.15) is 30.5 Å². The number of hydrogen-bond donors (Lipinski definition) is 1. The van der Waals surface area contributed by atoms with Gasteiger partial charge in [-0.2, -0.15) is 0 Å². The molecule has 0 saturated carbocycles. The van der Waals surface area contributed by atoms with E-state index in [1.54, 1.807) is 69.3 Å². The number of carbonyl (C=O) groups excluding carboxylic acids is 2. The van der Waals surface area contributed by atoms with Crippen LogP contribution >= 0.6 is 11.6 Å². The molecule has 196 valence electrons. The fourth-order valence-electron chi connectivity index (χ4n) is 3.91. The summed E-state index contributed by atoms with van der Waals surface area (Å²) in [4.78, 5) is 28.1. The fraction of sp³-hybridized carbons (Fsp3) is 0.286. The van der Waals surface area contributed by atoms with Crippen molar-refractivity contribution in [3.8, 4) is 0 Å². The number of aryl methyl sites for hydroxylation is 2. The number of sulfonamides is 1. The highest BCUT2D eigenvalue weighted by Gasteiger charge is 2.33. The highest BCUT2D eigenvalue weighted by molar-refractivity contribution is 7.92. The van der Waals surface area contributed by atoms with Crippen LogP contribution in [0, 0.1) is 13.8 Å². The van der Waals surface area contributed by atoms with Crippen LogP contribution in [-0.2, 0) is 26.2 Å². The molecule has 0 heterocycles. The van der Waals surface area contributed by atoms with Crippen LogP contribution in [0.4, 0.5) is 5.69 Å². The van der Waals surface area contributed by atoms with Crippen LogP contribution in [0.2, 0.25) is 5.02 Å². The number of benzene rings is 3. The Morgan fingerprint density at radius 2 is 1.62 bits per heavy atom. The predicted molar refractivity (Wildman–Crippen MR) is 147 cm³/mol. The maximum absolute atomic E-state index is 13.8. The van der Waals surface area contributed by atoms with Crippen molar-refractivity contribution < 1.29 is 18.0 Å². The zero-order chi connectivity index (χ0) is 27.2. The minimum absolute atomic E-state index is 0.0738. The summed E-state index contributed by atoms with van der Waals surface area (Å²) >= 11 is 6.02. The van der Waals surface area contributed by atoms with Crippen LogP contribution in [-0.4, -0.2) is 44.3 Å². The number of rotatable bonds is 10. The lowest BCUT2D eigenvalue weighted by Crippen LogP contribution is -2.51. The van der Waals surface area contributed by atoms with Gasteiger partial charge in [-0.1, -0.05) is 54.1 Å². The summed E-state index contributed by atoms with van der Waals surface area (Å²) in [6.07, 6.45) is 0. The van der Waals surface area contributed by atoms with Gasteiger partial charge < -0.3 is 10.2 Å². The molecule has 0 spiro atoms. The third-order valence-electron chi connectivity index (χ3n) is 6.03. The van der Waals surface area contributed by atoms with Crippen molar-refractivity contribution in [1.82, 2.24) is 10.2 Å². The lowest BCUT2D eigenvalue weighted by molar-refractivity contribution is -0.139. The van der Waals surface area contributed by atoms with E-state index < -0.39 is 28.5 Å². The Hall–Kier alpha value is -3.36. The van der Waals surface area contributed by atoms with Crippen molar-refractivity contribution in [2.24, 2.45) is 0 Å². The molecule has 0 bridgehead atoms. The van der Waals surface area contributed by atoms with Gasteiger partial charge in [-0.25, -0.2) is 8.42 Å². The monoisotopic (exact) mass is 541 g/mol. The molecule has 0 aromatic heterocycles. The molecule has 1 unspecified atom stereocenters. The molecule has 3 aromatic rings. The molecule has 1 atom stereocenters. The number of hydrogen-bond acceptors (Lipinski definition) is 4. The smallest absolute Gasteiger partial charge is 0.264 e. The van der Waals surface area contributed by atoms with Gasteiger partial charge in [0.15, 0.2) is 0 Å². The molecule has 2 amide bonds. The van der Waals surface area contributed by atoms with Crippen molar-refractivity contribution in [3.05, 3.63) is 94.5 Å². The number of anilines is 1. The van der Waals surface area contributed by atoms with E-state index in [0.29, 0.717) is 22.8 Å². The summed E-state index contributed by atoms with van der Waals surface area (Å²) in [5.41, 5.74) is 2.74. The van der Waals surface area contributed by atoms with Gasteiger partial charge in [0.05, 0.1) is 10.6 Å². The Morgan fingerprint density at radius 3 is 2.24 bits per heavy atom. The van der Waals surface area contributed by atoms with Gasteiger partial charge in [0.2, 0.25) is 11.8 Å². The van der Waals surface area contributed by atoms with Gasteiger partial charge in [-0.15, -0.1) is 0 Å². The van der Waals surface area contributed by atoms with Crippen molar-refractivity contribution in [2.45, 2.75) is 45.2 Å². The van der Waals surface area contributed by atoms with Crippen molar-refractivity contribution in [2.75, 3.05) is 17.4 Å². The highest BCUT2D eigenvalue weighted by Crippen LogP contribution is 2.28. The number of amides is 2. The van der Waals surface area contributed by atoms with Gasteiger partial charge in [0.25, 0.3) is 10.0 Å². The van der Waals surface area contributed by atoms with Gasteiger partial charge in [-0.3, -0.25) is 13.9 Å². The molecule has 0 radical (unpaired) electrons. The standard InChI is InChI=1S/C28H32ClN3O4S/c1-5-30-28(34)22(4)31(18-23-13-15-24(29)16-14-23)27(33)19-32(26-17-20(2)11-12-21(26)3)37(35,36)25-9-7-6-8-10-25/h6-17,22H,5,18-19H2,1-4H3,(H,30,34). The van der Waals surface area contributed by atoms with E-state index in [2.05, 4.69) is 5.32 Å². The molecule has 0 aliphatic rings. The topological polar surface area (TPSA) is 86.8 Å². The molecule has 0 saturated heterocycles. The van der Waals surface area contributed by atoms with Gasteiger partial charge in [0.1, 0.15) is 12.6 Å². The minimum atomic E-state index is -4.09. The van der Waals surface area contributed by atoms with Crippen LogP contribution in [0.5, 0.6) is 0 Å². The molecule has 9 heteroatoms. The zero-order valence-electron chi connectivity index (χ0n) is 21.4. The van der Waals surface area contributed by atoms with E-state index in [-0.39, 0.29) is 17.3 Å². The molecule has 0 aliphatic heterocycles. The number of nitrogens with zero attached hydrogens (tertiary/aromatic N) is 2. The number of carbonyl (C=O) groups is 2. The molecular weight excluding hydrogens is 510 g/mol. The lowest BCUT2D eigenvalue weighted by Gasteiger charge is -2.32. The number of nitrogens with one attached hydrogen (secondary N) is 1. The van der Waals surface area contributed by atoms with Gasteiger partial charge >= 0.3 is 0 Å². The first-order valence-electron chi connectivity index (χ1n) is 12.0. The maximum atomic E-state index is 13.8. The summed E-state index contributed by atoms with van der Waals surface area (Å²) in [7, 11) is -4.09. The summed E-state index contributed by atoms with van der Waals surface area (Å²) in [5.74, 6) is -0.830. The molecule has 3 aromatic carbocycles. The number of likely N-dealkylation sites (N-methyl/N-ethyl adjacent to an activating group) is 1. The second kappa shape index (κ2) is 12.3. The van der Waals surface area contributed by atoms with Gasteiger partial charge in [-0.05, 0) is 74.7 Å². The van der Waals surface area contributed by atoms with E-state index in [4.69, 9.17) is 11.6 Å². The Labute approximate surface area is 224 Å². The first-order valence-corrected chi connectivity index (χ1v) is 13.8. The predicted octanol–water partition coefficient (Wildman–Crippen LogP) is 4.71. The largest absolute Gasteiger partial charge is 0.355 e. The Balaban J connectivity index is 2.05. The van der Waals surface area contributed by atoms with Crippen molar-refractivity contribution >= 4 is 39.1 Å². The molecule has 0 fully saturated rings. The summed E-state index contributed by atoms with van der Waals surface area (Å²) < 4.78 is 28.8. The van der Waals surface area contributed by atoms with E-state index in [1.807, 2.05) is 19.1 Å². The van der Waals surface area contributed by atoms with E-state index >= 15 is 0 Å². The SMILES string of the molecule is CCNC(=O)C(C)N(Cc1ccc(Cl)cc1)C(=O)CN(c1cc(C)ccc1C)S(=O)(=O)c1ccccc1. The van der Waals surface area contributed by atoms with Crippen molar-refractivity contribution in [3.63, 3.8) is 0 Å². The Kier molecular flexibility index (Phi) is 9.34. The zero-order valence-corrected chi connectivity index (χ0v) is 23.0. The van der Waals surface area contributed by atoms with Crippen LogP contribution in [0.25, 0.3) is 0 Å². The third-order valence-corrected chi connectivity index (χ3v) is 8.05. The number of halogens is 1. The molecule has 0 aliphatic carbocycles. The quantitative estimate of drug-likeness (QED) is 0.403. The summed E-state index contributed by atoms with van der Waals surface area (Å²) in [6.45, 7) is 7.14. The second-order valence-corrected chi connectivity index (χ2v) is 11.1. The minimum Gasteiger partial charge on any atom is -0.355 e. The van der Waals surface area contributed by atoms with Crippen molar-refractivity contribution in [1.29, 1.82) is 0 Å². The summed E-state index contributed by atoms with van der Waals surface area (Å²) in [6, 6.07) is 19.6. The normalized spacial score (nSPS) is 12.0. The first-order chi connectivity index (χ1) is 17.5. The Morgan fingerprint density at radius 1 is 0.973 bits per heavy atom. The summed E-state index contributed by atoms with van der Waals surface area (Å²) in [5, 5.41) is 3.30. The molecule has 1 N–H and O–H groups in total. The lowest BCUT2D eigenvalue weighted by atomic mass is 10.1.